The van der Waals surface area contributed by atoms with Crippen LogP contribution in [0.25, 0.3) is 0 Å². The summed E-state index contributed by atoms with van der Waals surface area (Å²) in [5.74, 6) is 0. The Balaban J connectivity index is 2.02. The van der Waals surface area contributed by atoms with Gasteiger partial charge in [-0.1, -0.05) is 25.1 Å². The highest BCUT2D eigenvalue weighted by Gasteiger charge is 2.31. The highest BCUT2D eigenvalue weighted by Crippen LogP contribution is 2.30. The smallest absolute Gasteiger partial charge is 0.0671 e. The Labute approximate surface area is 104 Å². The Kier molecular flexibility index (Phi) is 3.72. The number of ether oxygens (including phenoxy) is 1. The lowest BCUT2D eigenvalue weighted by Gasteiger charge is -2.38. The molecule has 0 aliphatic carbocycles. The Morgan fingerprint density at radius 2 is 2.18 bits per heavy atom. The Morgan fingerprint density at radius 1 is 1.41 bits per heavy atom. The van der Waals surface area contributed by atoms with Gasteiger partial charge in [0.1, 0.15) is 0 Å². The molecule has 1 fully saturated rings. The molecule has 0 bridgehead atoms. The first kappa shape index (κ1) is 12.4. The van der Waals surface area contributed by atoms with Crippen molar-refractivity contribution in [2.45, 2.75) is 51.7 Å². The molecule has 1 aromatic carbocycles. The highest BCUT2D eigenvalue weighted by molar-refractivity contribution is 5.51. The van der Waals surface area contributed by atoms with Gasteiger partial charge in [-0.3, -0.25) is 0 Å². The van der Waals surface area contributed by atoms with Gasteiger partial charge >= 0.3 is 0 Å². The van der Waals surface area contributed by atoms with E-state index >= 15 is 0 Å². The molecule has 1 N–H and O–H groups in total. The van der Waals surface area contributed by atoms with E-state index in [-0.39, 0.29) is 5.60 Å². The van der Waals surface area contributed by atoms with Crippen LogP contribution in [0, 0.1) is 6.92 Å². The van der Waals surface area contributed by atoms with Crippen LogP contribution in [0.15, 0.2) is 24.3 Å². The lowest BCUT2D eigenvalue weighted by Crippen LogP contribution is -2.41. The van der Waals surface area contributed by atoms with Crippen molar-refractivity contribution in [1.29, 1.82) is 0 Å². The molecule has 1 saturated heterocycles. The molecule has 1 aromatic rings. The lowest BCUT2D eigenvalue weighted by atomic mass is 9.89. The van der Waals surface area contributed by atoms with Crippen molar-refractivity contribution in [3.8, 4) is 0 Å². The van der Waals surface area contributed by atoms with Crippen LogP contribution in [-0.2, 0) is 4.74 Å². The van der Waals surface area contributed by atoms with Gasteiger partial charge in [0.05, 0.1) is 5.60 Å². The van der Waals surface area contributed by atoms with Gasteiger partial charge in [-0.05, 0) is 44.7 Å². The molecule has 1 heterocycles. The molecule has 0 aromatic heterocycles. The molecule has 2 rings (SSSR count). The van der Waals surface area contributed by atoms with Crippen molar-refractivity contribution < 1.29 is 4.74 Å². The molecule has 2 heteroatoms. The maximum atomic E-state index is 5.87. The summed E-state index contributed by atoms with van der Waals surface area (Å²) in [6, 6.07) is 9.03. The van der Waals surface area contributed by atoms with E-state index in [1.807, 2.05) is 0 Å². The topological polar surface area (TPSA) is 21.3 Å². The third kappa shape index (κ3) is 3.01. The summed E-state index contributed by atoms with van der Waals surface area (Å²) in [6.45, 7) is 7.45. The fourth-order valence-electron chi connectivity index (χ4n) is 2.45. The summed E-state index contributed by atoms with van der Waals surface area (Å²) >= 11 is 0. The molecule has 0 spiro atoms. The minimum absolute atomic E-state index is 0.0542. The van der Waals surface area contributed by atoms with Gasteiger partial charge in [0, 0.05) is 18.3 Å². The van der Waals surface area contributed by atoms with Gasteiger partial charge in [-0.15, -0.1) is 0 Å². The van der Waals surface area contributed by atoms with Crippen LogP contribution in [0.5, 0.6) is 0 Å². The van der Waals surface area contributed by atoms with E-state index < -0.39 is 0 Å². The number of para-hydroxylation sites is 1. The second kappa shape index (κ2) is 5.09. The Morgan fingerprint density at radius 3 is 2.88 bits per heavy atom. The minimum atomic E-state index is 0.0542. The monoisotopic (exact) mass is 233 g/mol. The normalized spacial score (nSPS) is 29.0. The predicted molar refractivity (Wildman–Crippen MR) is 72.5 cm³/mol. The number of hydrogen-bond acceptors (Lipinski definition) is 2. The SMILES string of the molecule is CCC1(C)CC(Nc2ccccc2C)CCO1. The average molecular weight is 233 g/mol. The molecule has 2 nitrogen and oxygen atoms in total. The van der Waals surface area contributed by atoms with Crippen molar-refractivity contribution in [1.82, 2.24) is 0 Å². The van der Waals surface area contributed by atoms with Crippen molar-refractivity contribution in [3.05, 3.63) is 29.8 Å². The standard InChI is InChI=1S/C15H23NO/c1-4-15(3)11-13(9-10-17-15)16-14-8-6-5-7-12(14)2/h5-8,13,16H,4,9-11H2,1-3H3. The quantitative estimate of drug-likeness (QED) is 0.858. The number of hydrogen-bond donors (Lipinski definition) is 1. The largest absolute Gasteiger partial charge is 0.382 e. The number of aryl methyl sites for hydroxylation is 1. The van der Waals surface area contributed by atoms with Crippen LogP contribution < -0.4 is 5.32 Å². The van der Waals surface area contributed by atoms with E-state index in [2.05, 4.69) is 50.4 Å². The highest BCUT2D eigenvalue weighted by atomic mass is 16.5. The van der Waals surface area contributed by atoms with Crippen LogP contribution in [0.3, 0.4) is 0 Å². The number of anilines is 1. The molecule has 0 amide bonds. The maximum absolute atomic E-state index is 5.87. The van der Waals surface area contributed by atoms with E-state index in [0.29, 0.717) is 6.04 Å². The average Bonchev–Trinajstić information content (AvgIpc) is 2.32. The van der Waals surface area contributed by atoms with Crippen molar-refractivity contribution in [2.24, 2.45) is 0 Å². The molecule has 1 aliphatic rings. The molecule has 1 aliphatic heterocycles. The number of benzene rings is 1. The first-order valence-electron chi connectivity index (χ1n) is 6.59. The molecule has 2 atom stereocenters. The van der Waals surface area contributed by atoms with E-state index in [1.165, 1.54) is 11.3 Å². The maximum Gasteiger partial charge on any atom is 0.0671 e. The molecule has 0 saturated carbocycles. The summed E-state index contributed by atoms with van der Waals surface area (Å²) in [4.78, 5) is 0. The molecule has 17 heavy (non-hydrogen) atoms. The zero-order valence-electron chi connectivity index (χ0n) is 11.1. The van der Waals surface area contributed by atoms with Crippen molar-refractivity contribution >= 4 is 5.69 Å². The van der Waals surface area contributed by atoms with Gasteiger partial charge in [0.15, 0.2) is 0 Å². The van der Waals surface area contributed by atoms with Gasteiger partial charge < -0.3 is 10.1 Å². The first-order valence-corrected chi connectivity index (χ1v) is 6.59. The Bertz CT molecular complexity index is 377. The summed E-state index contributed by atoms with van der Waals surface area (Å²) < 4.78 is 5.87. The summed E-state index contributed by atoms with van der Waals surface area (Å²) in [6.07, 6.45) is 3.28. The van der Waals surface area contributed by atoms with E-state index in [1.54, 1.807) is 0 Å². The molecule has 0 radical (unpaired) electrons. The van der Waals surface area contributed by atoms with Crippen molar-refractivity contribution in [2.75, 3.05) is 11.9 Å². The summed E-state index contributed by atoms with van der Waals surface area (Å²) in [5.41, 5.74) is 2.63. The van der Waals surface area contributed by atoms with Crippen LogP contribution >= 0.6 is 0 Å². The second-order valence-electron chi connectivity index (χ2n) is 5.30. The Hall–Kier alpha value is -1.02. The summed E-state index contributed by atoms with van der Waals surface area (Å²) in [5, 5.41) is 3.66. The zero-order chi connectivity index (χ0) is 12.3. The molecule has 2 unspecified atom stereocenters. The number of nitrogens with one attached hydrogen (secondary N) is 1. The fourth-order valence-corrected chi connectivity index (χ4v) is 2.45. The van der Waals surface area contributed by atoms with Crippen LogP contribution in [0.2, 0.25) is 0 Å². The molecular weight excluding hydrogens is 210 g/mol. The van der Waals surface area contributed by atoms with E-state index in [4.69, 9.17) is 4.74 Å². The van der Waals surface area contributed by atoms with Gasteiger partial charge in [-0.25, -0.2) is 0 Å². The number of rotatable bonds is 3. The zero-order valence-corrected chi connectivity index (χ0v) is 11.1. The third-order valence-electron chi connectivity index (χ3n) is 3.85. The first-order chi connectivity index (χ1) is 8.13. The fraction of sp³-hybridized carbons (Fsp3) is 0.600. The van der Waals surface area contributed by atoms with Crippen LogP contribution in [0.4, 0.5) is 5.69 Å². The van der Waals surface area contributed by atoms with Gasteiger partial charge in [0.2, 0.25) is 0 Å². The van der Waals surface area contributed by atoms with E-state index in [0.717, 1.165) is 25.9 Å². The minimum Gasteiger partial charge on any atom is -0.382 e. The molecule has 94 valence electrons. The predicted octanol–water partition coefficient (Wildman–Crippen LogP) is 3.75. The van der Waals surface area contributed by atoms with Gasteiger partial charge in [0.25, 0.3) is 0 Å². The van der Waals surface area contributed by atoms with Crippen LogP contribution in [0.1, 0.15) is 38.7 Å². The second-order valence-corrected chi connectivity index (χ2v) is 5.30. The lowest BCUT2D eigenvalue weighted by molar-refractivity contribution is -0.0708. The summed E-state index contributed by atoms with van der Waals surface area (Å²) in [7, 11) is 0. The van der Waals surface area contributed by atoms with Gasteiger partial charge in [-0.2, -0.15) is 0 Å². The molecular formula is C15H23NO. The third-order valence-corrected chi connectivity index (χ3v) is 3.85. The van der Waals surface area contributed by atoms with E-state index in [9.17, 15) is 0 Å². The van der Waals surface area contributed by atoms with Crippen LogP contribution in [-0.4, -0.2) is 18.2 Å². The van der Waals surface area contributed by atoms with Crippen molar-refractivity contribution in [3.63, 3.8) is 0 Å².